The molecule has 0 bridgehead atoms. The van der Waals surface area contributed by atoms with E-state index in [4.69, 9.17) is 11.3 Å². The van der Waals surface area contributed by atoms with Crippen molar-refractivity contribution in [2.24, 2.45) is 25.8 Å². The van der Waals surface area contributed by atoms with Gasteiger partial charge in [0, 0.05) is 4.91 Å². The molecular weight excluding hydrogens is 188 g/mol. The number of nitrogens with two attached hydrogens (primary N) is 1. The lowest BCUT2D eigenvalue weighted by Crippen LogP contribution is -2.59. The third kappa shape index (κ3) is 1.13. The molecule has 1 unspecified atom stereocenters. The van der Waals surface area contributed by atoms with Crippen molar-refractivity contribution in [3.63, 3.8) is 0 Å². The van der Waals surface area contributed by atoms with Gasteiger partial charge in [-0.15, -0.1) is 0 Å². The van der Waals surface area contributed by atoms with Crippen LogP contribution < -0.4 is 11.1 Å². The molecule has 0 radical (unpaired) electrons. The first-order chi connectivity index (χ1) is 6.64. The van der Waals surface area contributed by atoms with E-state index in [0.29, 0.717) is 0 Å². The number of amidine groups is 1. The van der Waals surface area contributed by atoms with Crippen molar-refractivity contribution in [3.8, 4) is 0 Å². The molecule has 0 saturated carbocycles. The largest absolute Gasteiger partial charge is 0.309 e. The molecule has 0 saturated heterocycles. The van der Waals surface area contributed by atoms with Gasteiger partial charge in [-0.3, -0.25) is 10.5 Å². The maximum Gasteiger partial charge on any atom is 0.276 e. The third-order valence-corrected chi connectivity index (χ3v) is 1.56. The molecule has 3 N–H and O–H groups in total. The normalized spacial score (nSPS) is 28.5. The quantitative estimate of drug-likeness (QED) is 0.308. The van der Waals surface area contributed by atoms with Gasteiger partial charge in [0.05, 0.1) is 0 Å². The van der Waals surface area contributed by atoms with Crippen LogP contribution in [0.4, 0.5) is 0 Å². The van der Waals surface area contributed by atoms with Crippen LogP contribution in [0.1, 0.15) is 0 Å². The maximum atomic E-state index is 11.3. The predicted molar refractivity (Wildman–Crippen MR) is 47.6 cm³/mol. The lowest BCUT2D eigenvalue weighted by Gasteiger charge is -2.24. The van der Waals surface area contributed by atoms with Crippen LogP contribution in [-0.2, 0) is 4.79 Å². The molecule has 0 spiro atoms. The summed E-state index contributed by atoms with van der Waals surface area (Å²) in [7, 11) is 0. The second-order valence-corrected chi connectivity index (χ2v) is 2.53. The second kappa shape index (κ2) is 2.62. The molecule has 0 aromatic rings. The minimum Gasteiger partial charge on any atom is -0.309 e. The van der Waals surface area contributed by atoms with Gasteiger partial charge < -0.3 is 5.32 Å². The highest BCUT2D eigenvalue weighted by atomic mass is 16.2. The molecule has 70 valence electrons. The van der Waals surface area contributed by atoms with Crippen molar-refractivity contribution in [2.45, 2.75) is 5.91 Å². The molecule has 14 heavy (non-hydrogen) atoms. The number of nitrogens with zero attached hydrogens (tertiary/aromatic N) is 6. The number of carbonyl (C=O) groups is 1. The molecular formula is C5H4N8O. The van der Waals surface area contributed by atoms with Gasteiger partial charge in [0.15, 0.2) is 11.5 Å². The topological polar surface area (TPSA) is 141 Å². The highest BCUT2D eigenvalue weighted by molar-refractivity contribution is 6.69. The lowest BCUT2D eigenvalue weighted by atomic mass is 10.3. The van der Waals surface area contributed by atoms with E-state index in [-0.39, 0.29) is 11.5 Å². The number of aliphatic imine (C=N–C) groups is 3. The van der Waals surface area contributed by atoms with Crippen LogP contribution >= 0.6 is 0 Å². The first-order valence-corrected chi connectivity index (χ1v) is 3.53. The Morgan fingerprint density at radius 3 is 3.21 bits per heavy atom. The summed E-state index contributed by atoms with van der Waals surface area (Å²) in [6.07, 6.45) is 1.18. The van der Waals surface area contributed by atoms with Gasteiger partial charge in [-0.25, -0.2) is 15.0 Å². The number of rotatable bonds is 1. The van der Waals surface area contributed by atoms with Crippen molar-refractivity contribution in [1.82, 2.24) is 5.32 Å². The number of hydrogen-bond donors (Lipinski definition) is 2. The smallest absolute Gasteiger partial charge is 0.276 e. The maximum absolute atomic E-state index is 11.3. The Morgan fingerprint density at radius 2 is 2.50 bits per heavy atom. The van der Waals surface area contributed by atoms with E-state index in [2.05, 4.69) is 30.3 Å². The second-order valence-electron chi connectivity index (χ2n) is 2.53. The van der Waals surface area contributed by atoms with Gasteiger partial charge in [0.2, 0.25) is 0 Å². The minimum absolute atomic E-state index is 0.0687. The number of azide groups is 1. The predicted octanol–water partition coefficient (Wildman–Crippen LogP) is -1.12. The Morgan fingerprint density at radius 1 is 1.71 bits per heavy atom. The van der Waals surface area contributed by atoms with Gasteiger partial charge >= 0.3 is 0 Å². The summed E-state index contributed by atoms with van der Waals surface area (Å²) < 4.78 is 0. The number of hydrogen-bond acceptors (Lipinski definition) is 6. The summed E-state index contributed by atoms with van der Waals surface area (Å²) in [6.45, 7) is 0. The standard InChI is InChI=1S/C5H4N8O/c6-5(12-13-7)10-3-2(4(14)11-5)8-1-9-3/h1H,6H2,(H,11,14). The average Bonchev–Trinajstić information content (AvgIpc) is 2.51. The van der Waals surface area contributed by atoms with Crippen molar-refractivity contribution >= 4 is 23.8 Å². The van der Waals surface area contributed by atoms with Gasteiger partial charge in [0.1, 0.15) is 6.34 Å². The molecule has 9 heteroatoms. The number of fused-ring (bicyclic) bond motifs is 1. The van der Waals surface area contributed by atoms with Crippen molar-refractivity contribution < 1.29 is 4.79 Å². The van der Waals surface area contributed by atoms with Crippen LogP contribution in [0.3, 0.4) is 0 Å². The first-order valence-electron chi connectivity index (χ1n) is 3.53. The third-order valence-electron chi connectivity index (χ3n) is 1.56. The van der Waals surface area contributed by atoms with Crippen LogP contribution in [0.15, 0.2) is 20.1 Å². The molecule has 0 aromatic carbocycles. The van der Waals surface area contributed by atoms with E-state index in [1.807, 2.05) is 0 Å². The Balaban J connectivity index is 2.49. The summed E-state index contributed by atoms with van der Waals surface area (Å²) in [5.74, 6) is -2.30. The first kappa shape index (κ1) is 8.35. The molecule has 2 heterocycles. The van der Waals surface area contributed by atoms with Gasteiger partial charge in [-0.1, -0.05) is 0 Å². The fraction of sp³-hybridized carbons (Fsp3) is 0.200. The monoisotopic (exact) mass is 192 g/mol. The van der Waals surface area contributed by atoms with E-state index >= 15 is 0 Å². The molecule has 0 aliphatic carbocycles. The van der Waals surface area contributed by atoms with Crippen molar-refractivity contribution in [2.75, 3.05) is 0 Å². The molecule has 0 fully saturated rings. The Hall–Kier alpha value is -2.25. The molecule has 2 aliphatic rings. The highest BCUT2D eigenvalue weighted by Crippen LogP contribution is 2.11. The van der Waals surface area contributed by atoms with E-state index in [1.54, 1.807) is 0 Å². The van der Waals surface area contributed by atoms with E-state index < -0.39 is 11.8 Å². The van der Waals surface area contributed by atoms with Gasteiger partial charge in [-0.2, -0.15) is 0 Å². The van der Waals surface area contributed by atoms with Crippen LogP contribution in [0.2, 0.25) is 0 Å². The number of nitrogens with one attached hydrogen (secondary N) is 1. The Labute approximate surface area is 77.1 Å². The zero-order valence-electron chi connectivity index (χ0n) is 6.75. The van der Waals surface area contributed by atoms with Crippen molar-refractivity contribution in [1.29, 1.82) is 0 Å². The van der Waals surface area contributed by atoms with Crippen LogP contribution in [-0.4, -0.2) is 29.7 Å². The van der Waals surface area contributed by atoms with Crippen LogP contribution in [0.5, 0.6) is 0 Å². The van der Waals surface area contributed by atoms with E-state index in [9.17, 15) is 4.79 Å². The molecule has 2 rings (SSSR count). The number of carbonyl (C=O) groups excluding carboxylic acids is 1. The summed E-state index contributed by atoms with van der Waals surface area (Å²) in [6, 6.07) is 0. The summed E-state index contributed by atoms with van der Waals surface area (Å²) in [5, 5.41) is 5.32. The molecule has 1 amide bonds. The summed E-state index contributed by atoms with van der Waals surface area (Å²) >= 11 is 0. The minimum atomic E-state index is -1.80. The van der Waals surface area contributed by atoms with Gasteiger partial charge in [0.25, 0.3) is 11.8 Å². The number of amides is 1. The zero-order chi connectivity index (χ0) is 10.2. The summed E-state index contributed by atoms with van der Waals surface area (Å²) in [4.78, 5) is 24.8. The lowest BCUT2D eigenvalue weighted by molar-refractivity contribution is -0.116. The molecule has 2 aliphatic heterocycles. The SMILES string of the molecule is [N-]=[N+]=NC1(N)N=C2N=CN=C2C(=O)N1. The fourth-order valence-electron chi connectivity index (χ4n) is 1.03. The van der Waals surface area contributed by atoms with Crippen LogP contribution in [0.25, 0.3) is 10.4 Å². The zero-order valence-corrected chi connectivity index (χ0v) is 6.75. The Kier molecular flexibility index (Phi) is 1.56. The molecule has 0 aromatic heterocycles. The molecule has 1 atom stereocenters. The molecule has 9 nitrogen and oxygen atoms in total. The van der Waals surface area contributed by atoms with Crippen molar-refractivity contribution in [3.05, 3.63) is 10.4 Å². The summed E-state index contributed by atoms with van der Waals surface area (Å²) in [5.41, 5.74) is 13.7. The van der Waals surface area contributed by atoms with Crippen LogP contribution in [0, 0.1) is 0 Å². The fourth-order valence-corrected chi connectivity index (χ4v) is 1.03. The van der Waals surface area contributed by atoms with E-state index in [0.717, 1.165) is 0 Å². The van der Waals surface area contributed by atoms with Gasteiger partial charge in [-0.05, 0) is 10.6 Å². The average molecular weight is 192 g/mol. The highest BCUT2D eigenvalue weighted by Gasteiger charge is 2.36. The van der Waals surface area contributed by atoms with E-state index in [1.165, 1.54) is 6.34 Å². The Bertz CT molecular complexity index is 441.